The Morgan fingerprint density at radius 1 is 1.17 bits per heavy atom. The smallest absolute Gasteiger partial charge is 0.195 e. The molecule has 2 aliphatic rings. The van der Waals surface area contributed by atoms with Gasteiger partial charge in [-0.15, -0.1) is 0 Å². The van der Waals surface area contributed by atoms with Crippen LogP contribution in [0.1, 0.15) is 23.5 Å². The van der Waals surface area contributed by atoms with E-state index < -0.39 is 6.29 Å². The van der Waals surface area contributed by atoms with E-state index in [1.165, 1.54) is 0 Å². The molecule has 30 heavy (non-hydrogen) atoms. The summed E-state index contributed by atoms with van der Waals surface area (Å²) in [6, 6.07) is 15.5. The third-order valence-electron chi connectivity index (χ3n) is 5.32. The van der Waals surface area contributed by atoms with Crippen molar-refractivity contribution >= 4 is 17.2 Å². The zero-order chi connectivity index (χ0) is 21.1. The Bertz CT molecular complexity index is 1100. The van der Waals surface area contributed by atoms with Crippen molar-refractivity contribution in [3.63, 3.8) is 0 Å². The van der Waals surface area contributed by atoms with Gasteiger partial charge in [-0.25, -0.2) is 4.99 Å². The van der Waals surface area contributed by atoms with E-state index in [1.807, 2.05) is 24.3 Å². The van der Waals surface area contributed by atoms with E-state index in [1.54, 1.807) is 33.4 Å². The monoisotopic (exact) mass is 401 g/mol. The van der Waals surface area contributed by atoms with Gasteiger partial charge in [-0.05, 0) is 24.6 Å². The number of aliphatic imine (C=N–C) groups is 2. The average molecular weight is 401 g/mol. The molecule has 0 saturated carbocycles. The Balaban J connectivity index is 1.67. The van der Waals surface area contributed by atoms with Crippen molar-refractivity contribution in [2.45, 2.75) is 18.6 Å². The second-order valence-electron chi connectivity index (χ2n) is 6.95. The van der Waals surface area contributed by atoms with Crippen LogP contribution < -0.4 is 20.1 Å². The van der Waals surface area contributed by atoms with E-state index >= 15 is 0 Å². The maximum Gasteiger partial charge on any atom is 0.195 e. The standard InChI is InChI=1S/C23H23N5O2/c1-25-22-18-11-10-17(16-6-4-5-7-19(16)29-2)21(18)27-23(28-22)26-15-9-8-14(13-24)20(12-15)30-3/h4-9,11-12,17,23,26H,10H2,1-3H3,(H,25,28). The topological polar surface area (TPSA) is 91.0 Å². The van der Waals surface area contributed by atoms with Crippen LogP contribution in [0.25, 0.3) is 0 Å². The molecule has 1 aliphatic heterocycles. The number of nitriles is 1. The molecule has 0 radical (unpaired) electrons. The van der Waals surface area contributed by atoms with Gasteiger partial charge in [0.1, 0.15) is 23.4 Å². The first-order chi connectivity index (χ1) is 14.7. The largest absolute Gasteiger partial charge is 0.496 e. The Hall–Kier alpha value is -3.79. The van der Waals surface area contributed by atoms with Crippen molar-refractivity contribution in [2.24, 2.45) is 9.98 Å². The molecule has 2 atom stereocenters. The minimum absolute atomic E-state index is 0.106. The fourth-order valence-corrected chi connectivity index (χ4v) is 3.91. The van der Waals surface area contributed by atoms with Crippen LogP contribution in [0.2, 0.25) is 0 Å². The summed E-state index contributed by atoms with van der Waals surface area (Å²) in [5, 5.41) is 15.9. The molecule has 0 bridgehead atoms. The number of benzene rings is 2. The number of nitrogens with one attached hydrogen (secondary N) is 2. The fourth-order valence-electron chi connectivity index (χ4n) is 3.91. The van der Waals surface area contributed by atoms with Crippen LogP contribution in [0.3, 0.4) is 0 Å². The van der Waals surface area contributed by atoms with Gasteiger partial charge in [-0.3, -0.25) is 4.99 Å². The lowest BCUT2D eigenvalue weighted by Crippen LogP contribution is -2.45. The lowest BCUT2D eigenvalue weighted by molar-refractivity contribution is 0.409. The summed E-state index contributed by atoms with van der Waals surface area (Å²) in [6.07, 6.45) is 2.61. The third kappa shape index (κ3) is 3.48. The third-order valence-corrected chi connectivity index (χ3v) is 5.32. The number of ether oxygens (including phenoxy) is 2. The summed E-state index contributed by atoms with van der Waals surface area (Å²) in [6.45, 7) is 0. The maximum atomic E-state index is 9.19. The van der Waals surface area contributed by atoms with Gasteiger partial charge < -0.3 is 20.1 Å². The number of hydrogen-bond acceptors (Lipinski definition) is 6. The lowest BCUT2D eigenvalue weighted by atomic mass is 9.92. The molecular weight excluding hydrogens is 378 g/mol. The molecule has 0 amide bonds. The normalized spacial score (nSPS) is 21.1. The summed E-state index contributed by atoms with van der Waals surface area (Å²) in [5.41, 5.74) is 4.41. The molecule has 7 heteroatoms. The van der Waals surface area contributed by atoms with E-state index in [0.29, 0.717) is 11.3 Å². The highest BCUT2D eigenvalue weighted by Crippen LogP contribution is 2.38. The van der Waals surface area contributed by atoms with Crippen molar-refractivity contribution in [1.82, 2.24) is 5.32 Å². The van der Waals surface area contributed by atoms with E-state index in [-0.39, 0.29) is 5.92 Å². The minimum Gasteiger partial charge on any atom is -0.496 e. The molecule has 2 unspecified atom stereocenters. The number of anilines is 1. The second-order valence-corrected chi connectivity index (χ2v) is 6.95. The molecule has 2 aromatic carbocycles. The molecule has 1 aliphatic carbocycles. The predicted octanol–water partition coefficient (Wildman–Crippen LogP) is 3.46. The number of hydrogen-bond donors (Lipinski definition) is 2. The van der Waals surface area contributed by atoms with Crippen LogP contribution in [-0.2, 0) is 0 Å². The molecule has 7 nitrogen and oxygen atoms in total. The summed E-state index contributed by atoms with van der Waals surface area (Å²) in [4.78, 5) is 9.38. The van der Waals surface area contributed by atoms with Crippen LogP contribution in [0.5, 0.6) is 11.5 Å². The predicted molar refractivity (Wildman–Crippen MR) is 117 cm³/mol. The molecule has 2 aromatic rings. The van der Waals surface area contributed by atoms with Gasteiger partial charge in [0.15, 0.2) is 6.29 Å². The summed E-state index contributed by atoms with van der Waals surface area (Å²) in [5.74, 6) is 2.28. The molecule has 0 saturated heterocycles. The molecule has 0 fully saturated rings. The highest BCUT2D eigenvalue weighted by atomic mass is 16.5. The molecular formula is C23H23N5O2. The first-order valence-electron chi connectivity index (χ1n) is 9.68. The Kier molecular flexibility index (Phi) is 5.40. The van der Waals surface area contributed by atoms with Crippen LogP contribution in [-0.4, -0.2) is 39.1 Å². The highest BCUT2D eigenvalue weighted by Gasteiger charge is 2.35. The van der Waals surface area contributed by atoms with Crippen LogP contribution >= 0.6 is 0 Å². The van der Waals surface area contributed by atoms with Gasteiger partial charge in [-0.1, -0.05) is 24.3 Å². The number of allylic oxidation sites excluding steroid dienone is 1. The number of para-hydroxylation sites is 1. The van der Waals surface area contributed by atoms with E-state index in [2.05, 4.69) is 33.8 Å². The van der Waals surface area contributed by atoms with Crippen molar-refractivity contribution in [3.8, 4) is 17.6 Å². The zero-order valence-corrected chi connectivity index (χ0v) is 17.1. The van der Waals surface area contributed by atoms with E-state index in [9.17, 15) is 5.26 Å². The molecule has 1 heterocycles. The summed E-state index contributed by atoms with van der Waals surface area (Å²) < 4.78 is 10.9. The van der Waals surface area contributed by atoms with Crippen molar-refractivity contribution in [1.29, 1.82) is 5.26 Å². The SMILES string of the molecule is CN=C1NC(Nc2ccc(C#N)c(OC)c2)N=C2C1=CCC2c1ccccc1OC. The number of amidine groups is 1. The molecule has 0 spiro atoms. The van der Waals surface area contributed by atoms with Crippen molar-refractivity contribution in [3.05, 3.63) is 65.2 Å². The maximum absolute atomic E-state index is 9.19. The first kappa shape index (κ1) is 19.5. The van der Waals surface area contributed by atoms with Gasteiger partial charge in [0, 0.05) is 35.9 Å². The van der Waals surface area contributed by atoms with Crippen molar-refractivity contribution in [2.75, 3.05) is 26.6 Å². The Morgan fingerprint density at radius 2 is 1.97 bits per heavy atom. The number of fused-ring (bicyclic) bond motifs is 1. The Labute approximate surface area is 175 Å². The summed E-state index contributed by atoms with van der Waals surface area (Å²) >= 11 is 0. The van der Waals surface area contributed by atoms with Gasteiger partial charge in [0.05, 0.1) is 25.5 Å². The van der Waals surface area contributed by atoms with Crippen molar-refractivity contribution < 1.29 is 9.47 Å². The molecule has 2 N–H and O–H groups in total. The van der Waals surface area contributed by atoms with E-state index in [0.717, 1.165) is 40.5 Å². The highest BCUT2D eigenvalue weighted by molar-refractivity contribution is 6.28. The fraction of sp³-hybridized carbons (Fsp3) is 0.261. The van der Waals surface area contributed by atoms with Crippen LogP contribution in [0, 0.1) is 11.3 Å². The molecule has 0 aromatic heterocycles. The first-order valence-corrected chi connectivity index (χ1v) is 9.68. The van der Waals surface area contributed by atoms with Gasteiger partial charge in [0.25, 0.3) is 0 Å². The van der Waals surface area contributed by atoms with Gasteiger partial charge in [-0.2, -0.15) is 5.26 Å². The van der Waals surface area contributed by atoms with E-state index in [4.69, 9.17) is 14.5 Å². The lowest BCUT2D eigenvalue weighted by Gasteiger charge is -2.28. The van der Waals surface area contributed by atoms with Crippen LogP contribution in [0.4, 0.5) is 5.69 Å². The average Bonchev–Trinajstić information content (AvgIpc) is 3.22. The summed E-state index contributed by atoms with van der Waals surface area (Å²) in [7, 11) is 5.01. The quantitative estimate of drug-likeness (QED) is 0.801. The number of rotatable bonds is 5. The molecule has 4 rings (SSSR count). The number of methoxy groups -OCH3 is 2. The number of nitrogens with zero attached hydrogens (tertiary/aromatic N) is 3. The minimum atomic E-state index is -0.399. The van der Waals surface area contributed by atoms with Gasteiger partial charge >= 0.3 is 0 Å². The zero-order valence-electron chi connectivity index (χ0n) is 17.1. The van der Waals surface area contributed by atoms with Crippen LogP contribution in [0.15, 0.2) is 64.1 Å². The Morgan fingerprint density at radius 3 is 2.70 bits per heavy atom. The second kappa shape index (κ2) is 8.29. The van der Waals surface area contributed by atoms with Gasteiger partial charge in [0.2, 0.25) is 0 Å². The molecule has 152 valence electrons.